The SMILES string of the molecule is COc1ccc(-c2ccc3[nH]c(C4CCN(C(=O)C(C)(N)Cc5cccs5)CC4)cc3c2)cc1OC. The summed E-state index contributed by atoms with van der Waals surface area (Å²) in [6.07, 6.45) is 2.43. The van der Waals surface area contributed by atoms with Crippen molar-refractivity contribution < 1.29 is 14.3 Å². The van der Waals surface area contributed by atoms with Crippen LogP contribution >= 0.6 is 11.3 Å². The molecule has 0 saturated carbocycles. The van der Waals surface area contributed by atoms with Crippen LogP contribution in [-0.2, 0) is 11.2 Å². The third-order valence-electron chi connectivity index (χ3n) is 7.19. The quantitative estimate of drug-likeness (QED) is 0.345. The van der Waals surface area contributed by atoms with Crippen LogP contribution in [0, 0.1) is 0 Å². The Morgan fingerprint density at radius 3 is 2.47 bits per heavy atom. The number of ether oxygens (including phenoxy) is 2. The van der Waals surface area contributed by atoms with Gasteiger partial charge in [-0.1, -0.05) is 18.2 Å². The van der Waals surface area contributed by atoms with Gasteiger partial charge in [0.25, 0.3) is 0 Å². The standard InChI is InChI=1S/C29H33N3O3S/c1-29(30,18-23-5-4-14-36-23)28(33)32-12-10-19(11-13-32)25-16-22-15-20(6-8-24(22)31-25)21-7-9-26(34-2)27(17-21)35-3/h4-9,14-17,19,31H,10-13,18,30H2,1-3H3. The minimum absolute atomic E-state index is 0.0468. The highest BCUT2D eigenvalue weighted by Gasteiger charge is 2.35. The minimum Gasteiger partial charge on any atom is -0.493 e. The molecule has 2 aromatic carbocycles. The van der Waals surface area contributed by atoms with Gasteiger partial charge in [0, 0.05) is 46.9 Å². The average Bonchev–Trinajstić information content (AvgIpc) is 3.57. The number of amides is 1. The summed E-state index contributed by atoms with van der Waals surface area (Å²) in [6.45, 7) is 3.31. The molecule has 7 heteroatoms. The van der Waals surface area contributed by atoms with Gasteiger partial charge in [-0.3, -0.25) is 4.79 Å². The summed E-state index contributed by atoms with van der Waals surface area (Å²) in [5.41, 5.74) is 10.2. The van der Waals surface area contributed by atoms with Crippen LogP contribution in [0.3, 0.4) is 0 Å². The number of piperidine rings is 1. The molecule has 1 amide bonds. The average molecular weight is 504 g/mol. The lowest BCUT2D eigenvalue weighted by Crippen LogP contribution is -2.56. The maximum Gasteiger partial charge on any atom is 0.242 e. The van der Waals surface area contributed by atoms with Gasteiger partial charge in [0.15, 0.2) is 11.5 Å². The summed E-state index contributed by atoms with van der Waals surface area (Å²) in [4.78, 5) is 19.9. The smallest absolute Gasteiger partial charge is 0.242 e. The Balaban J connectivity index is 1.27. The van der Waals surface area contributed by atoms with E-state index < -0.39 is 5.54 Å². The lowest BCUT2D eigenvalue weighted by atomic mass is 9.90. The van der Waals surface area contributed by atoms with Gasteiger partial charge in [-0.05, 0) is 72.7 Å². The van der Waals surface area contributed by atoms with Crippen molar-refractivity contribution >= 4 is 28.1 Å². The van der Waals surface area contributed by atoms with E-state index in [1.807, 2.05) is 47.5 Å². The number of carbonyl (C=O) groups excluding carboxylic acids is 1. The number of nitrogens with zero attached hydrogens (tertiary/aromatic N) is 1. The first-order valence-electron chi connectivity index (χ1n) is 12.3. The largest absolute Gasteiger partial charge is 0.493 e. The Morgan fingerprint density at radius 2 is 1.78 bits per heavy atom. The zero-order valence-electron chi connectivity index (χ0n) is 21.0. The molecule has 1 aliphatic rings. The second-order valence-corrected chi connectivity index (χ2v) is 10.9. The van der Waals surface area contributed by atoms with Crippen LogP contribution in [-0.4, -0.2) is 48.6 Å². The first-order chi connectivity index (χ1) is 17.4. The molecule has 0 radical (unpaired) electrons. The molecule has 2 aromatic heterocycles. The number of rotatable bonds is 7. The minimum atomic E-state index is -0.876. The van der Waals surface area contributed by atoms with Gasteiger partial charge < -0.3 is 25.1 Å². The van der Waals surface area contributed by atoms with Gasteiger partial charge in [-0.15, -0.1) is 11.3 Å². The molecule has 5 rings (SSSR count). The maximum atomic E-state index is 13.2. The number of aromatic amines is 1. The lowest BCUT2D eigenvalue weighted by molar-refractivity contribution is -0.137. The van der Waals surface area contributed by atoms with Crippen LogP contribution in [0.15, 0.2) is 60.0 Å². The number of likely N-dealkylation sites (tertiary alicyclic amines) is 1. The Kier molecular flexibility index (Phi) is 6.77. The van der Waals surface area contributed by atoms with Crippen LogP contribution in [0.25, 0.3) is 22.0 Å². The summed E-state index contributed by atoms with van der Waals surface area (Å²) in [6, 6.07) is 18.8. The fourth-order valence-corrected chi connectivity index (χ4v) is 6.05. The van der Waals surface area contributed by atoms with Crippen LogP contribution in [0.4, 0.5) is 0 Å². The monoisotopic (exact) mass is 503 g/mol. The van der Waals surface area contributed by atoms with E-state index in [9.17, 15) is 4.79 Å². The Hall–Kier alpha value is -3.29. The van der Waals surface area contributed by atoms with E-state index in [1.165, 1.54) is 11.1 Å². The molecular formula is C29H33N3O3S. The van der Waals surface area contributed by atoms with Crippen molar-refractivity contribution in [1.29, 1.82) is 0 Å². The molecule has 36 heavy (non-hydrogen) atoms. The number of hydrogen-bond acceptors (Lipinski definition) is 5. The zero-order valence-corrected chi connectivity index (χ0v) is 21.9. The van der Waals surface area contributed by atoms with Crippen LogP contribution in [0.5, 0.6) is 11.5 Å². The van der Waals surface area contributed by atoms with Crippen molar-refractivity contribution in [2.75, 3.05) is 27.3 Å². The maximum absolute atomic E-state index is 13.2. The van der Waals surface area contributed by atoms with Crippen molar-refractivity contribution in [3.63, 3.8) is 0 Å². The van der Waals surface area contributed by atoms with Crippen molar-refractivity contribution in [2.45, 2.75) is 37.6 Å². The summed E-state index contributed by atoms with van der Waals surface area (Å²) in [5, 5.41) is 3.21. The number of thiophene rings is 1. The molecule has 3 N–H and O–H groups in total. The molecule has 4 aromatic rings. The number of H-pyrrole nitrogens is 1. The highest BCUT2D eigenvalue weighted by atomic mass is 32.1. The molecule has 1 atom stereocenters. The van der Waals surface area contributed by atoms with Gasteiger partial charge in [-0.25, -0.2) is 0 Å². The van der Waals surface area contributed by atoms with Crippen molar-refractivity contribution in [3.8, 4) is 22.6 Å². The number of nitrogens with one attached hydrogen (secondary N) is 1. The van der Waals surface area contributed by atoms with E-state index in [2.05, 4.69) is 29.2 Å². The Morgan fingerprint density at radius 1 is 1.06 bits per heavy atom. The molecule has 0 bridgehead atoms. The van der Waals surface area contributed by atoms with E-state index in [0.29, 0.717) is 12.3 Å². The molecule has 6 nitrogen and oxygen atoms in total. The molecule has 0 spiro atoms. The summed E-state index contributed by atoms with van der Waals surface area (Å²) < 4.78 is 10.8. The number of carbonyl (C=O) groups is 1. The Labute approximate surface area is 216 Å². The van der Waals surface area contributed by atoms with Gasteiger partial charge >= 0.3 is 0 Å². The predicted molar refractivity (Wildman–Crippen MR) is 146 cm³/mol. The summed E-state index contributed by atoms with van der Waals surface area (Å²) >= 11 is 1.65. The Bertz CT molecular complexity index is 1350. The van der Waals surface area contributed by atoms with Gasteiger partial charge in [0.2, 0.25) is 5.91 Å². The molecule has 0 aliphatic carbocycles. The van der Waals surface area contributed by atoms with Crippen molar-refractivity contribution in [3.05, 3.63) is 70.5 Å². The van der Waals surface area contributed by atoms with Crippen LogP contribution in [0.1, 0.15) is 36.3 Å². The van der Waals surface area contributed by atoms with E-state index in [4.69, 9.17) is 15.2 Å². The van der Waals surface area contributed by atoms with E-state index >= 15 is 0 Å². The third kappa shape index (κ3) is 4.86. The molecule has 1 saturated heterocycles. The van der Waals surface area contributed by atoms with Gasteiger partial charge in [-0.2, -0.15) is 0 Å². The second-order valence-electron chi connectivity index (χ2n) is 9.84. The van der Waals surface area contributed by atoms with E-state index in [1.54, 1.807) is 25.6 Å². The van der Waals surface area contributed by atoms with Gasteiger partial charge in [0.05, 0.1) is 19.8 Å². The second kappa shape index (κ2) is 9.99. The molecule has 1 fully saturated rings. The molecule has 1 aliphatic heterocycles. The number of nitrogens with two attached hydrogens (primary N) is 1. The van der Waals surface area contributed by atoms with Crippen molar-refractivity contribution in [2.24, 2.45) is 5.73 Å². The fourth-order valence-electron chi connectivity index (χ4n) is 5.18. The highest BCUT2D eigenvalue weighted by molar-refractivity contribution is 7.09. The third-order valence-corrected chi connectivity index (χ3v) is 8.07. The van der Waals surface area contributed by atoms with E-state index in [-0.39, 0.29) is 5.91 Å². The summed E-state index contributed by atoms with van der Waals surface area (Å²) in [7, 11) is 3.30. The predicted octanol–water partition coefficient (Wildman–Crippen LogP) is 5.58. The normalized spacial score (nSPS) is 16.2. The summed E-state index contributed by atoms with van der Waals surface area (Å²) in [5.74, 6) is 1.88. The number of benzene rings is 2. The van der Waals surface area contributed by atoms with Crippen LogP contribution < -0.4 is 15.2 Å². The van der Waals surface area contributed by atoms with Crippen LogP contribution in [0.2, 0.25) is 0 Å². The number of fused-ring (bicyclic) bond motifs is 1. The van der Waals surface area contributed by atoms with Crippen molar-refractivity contribution in [1.82, 2.24) is 9.88 Å². The number of aromatic nitrogens is 1. The molecule has 3 heterocycles. The number of methoxy groups -OCH3 is 2. The van der Waals surface area contributed by atoms with Gasteiger partial charge in [0.1, 0.15) is 0 Å². The first kappa shape index (κ1) is 24.4. The topological polar surface area (TPSA) is 80.6 Å². The molecule has 188 valence electrons. The lowest BCUT2D eigenvalue weighted by Gasteiger charge is -2.36. The molecular weight excluding hydrogens is 470 g/mol. The highest BCUT2D eigenvalue weighted by Crippen LogP contribution is 2.35. The molecule has 1 unspecified atom stereocenters. The zero-order chi connectivity index (χ0) is 25.3. The first-order valence-corrected chi connectivity index (χ1v) is 13.2. The fraction of sp³-hybridized carbons (Fsp3) is 0.345. The van der Waals surface area contributed by atoms with E-state index in [0.717, 1.165) is 59.0 Å². The number of hydrogen-bond donors (Lipinski definition) is 2.